The molecule has 1 aromatic rings. The summed E-state index contributed by atoms with van der Waals surface area (Å²) in [4.78, 5) is 1.78. The molecule has 4 heteroatoms. The summed E-state index contributed by atoms with van der Waals surface area (Å²) < 4.78 is 27.9. The molecule has 0 spiro atoms. The van der Waals surface area contributed by atoms with Gasteiger partial charge in [-0.2, -0.15) is 0 Å². The molecular formula is C15H21F2NO. The number of nitrogens with zero attached hydrogens (tertiary/aromatic N) is 1. The molecule has 0 aromatic heterocycles. The van der Waals surface area contributed by atoms with E-state index in [-0.39, 0.29) is 17.9 Å². The number of piperidine rings is 1. The van der Waals surface area contributed by atoms with E-state index in [1.54, 1.807) is 4.90 Å². The number of hydrogen-bond donors (Lipinski definition) is 1. The summed E-state index contributed by atoms with van der Waals surface area (Å²) >= 11 is 0. The molecule has 0 amide bonds. The van der Waals surface area contributed by atoms with Crippen LogP contribution in [0.5, 0.6) is 0 Å². The van der Waals surface area contributed by atoms with Gasteiger partial charge in [-0.25, -0.2) is 8.78 Å². The zero-order valence-corrected chi connectivity index (χ0v) is 11.5. The Morgan fingerprint density at radius 3 is 2.16 bits per heavy atom. The topological polar surface area (TPSA) is 23.5 Å². The second kappa shape index (κ2) is 5.87. The fourth-order valence-electron chi connectivity index (χ4n) is 2.80. The van der Waals surface area contributed by atoms with E-state index in [4.69, 9.17) is 5.11 Å². The van der Waals surface area contributed by atoms with Crippen LogP contribution in [-0.4, -0.2) is 18.2 Å². The van der Waals surface area contributed by atoms with Crippen molar-refractivity contribution in [1.29, 1.82) is 0 Å². The van der Waals surface area contributed by atoms with Gasteiger partial charge in [-0.15, -0.1) is 0 Å². The molecule has 1 aliphatic rings. The van der Waals surface area contributed by atoms with E-state index in [0.29, 0.717) is 24.9 Å². The number of aliphatic hydroxyl groups excluding tert-OH is 1. The van der Waals surface area contributed by atoms with Crippen molar-refractivity contribution in [2.45, 2.75) is 33.3 Å². The monoisotopic (exact) mass is 269 g/mol. The highest BCUT2D eigenvalue weighted by molar-refractivity contribution is 5.51. The summed E-state index contributed by atoms with van der Waals surface area (Å²) in [5, 5.41) is 8.94. The van der Waals surface area contributed by atoms with Crippen LogP contribution in [-0.2, 0) is 6.61 Å². The molecule has 0 aliphatic carbocycles. The molecule has 1 fully saturated rings. The first-order valence-electron chi connectivity index (χ1n) is 6.86. The highest BCUT2D eigenvalue weighted by Crippen LogP contribution is 2.31. The van der Waals surface area contributed by atoms with Crippen LogP contribution in [0.3, 0.4) is 0 Å². The quantitative estimate of drug-likeness (QED) is 0.909. The lowest BCUT2D eigenvalue weighted by atomic mass is 9.86. The molecule has 0 saturated carbocycles. The summed E-state index contributed by atoms with van der Waals surface area (Å²) in [5.74, 6) is 0.104. The van der Waals surface area contributed by atoms with Crippen LogP contribution in [0.2, 0.25) is 0 Å². The Labute approximate surface area is 113 Å². The summed E-state index contributed by atoms with van der Waals surface area (Å²) in [7, 11) is 0. The normalized spacial score (nSPS) is 17.3. The molecule has 19 heavy (non-hydrogen) atoms. The lowest BCUT2D eigenvalue weighted by molar-refractivity contribution is 0.280. The second-order valence-corrected chi connectivity index (χ2v) is 5.63. The van der Waals surface area contributed by atoms with Gasteiger partial charge in [0.1, 0.15) is 17.3 Å². The Balaban J connectivity index is 2.15. The number of halogens is 2. The molecule has 1 N–H and O–H groups in total. The molecule has 1 saturated heterocycles. The minimum absolute atomic E-state index is 0.0550. The van der Waals surface area contributed by atoms with Gasteiger partial charge in [0, 0.05) is 13.1 Å². The maximum atomic E-state index is 13.9. The summed E-state index contributed by atoms with van der Waals surface area (Å²) in [6.07, 6.45) is 1.94. The van der Waals surface area contributed by atoms with Crippen LogP contribution in [0.4, 0.5) is 14.5 Å². The molecule has 0 bridgehead atoms. The molecule has 1 aliphatic heterocycles. The molecule has 0 atom stereocenters. The van der Waals surface area contributed by atoms with E-state index < -0.39 is 11.6 Å². The Kier molecular flexibility index (Phi) is 4.40. The maximum Gasteiger partial charge on any atom is 0.149 e. The van der Waals surface area contributed by atoms with Gasteiger partial charge in [0.25, 0.3) is 0 Å². The van der Waals surface area contributed by atoms with Gasteiger partial charge >= 0.3 is 0 Å². The fourth-order valence-corrected chi connectivity index (χ4v) is 2.80. The molecule has 106 valence electrons. The van der Waals surface area contributed by atoms with E-state index in [0.717, 1.165) is 12.8 Å². The Bertz CT molecular complexity index is 417. The fraction of sp³-hybridized carbons (Fsp3) is 0.600. The van der Waals surface area contributed by atoms with Crippen LogP contribution in [0.25, 0.3) is 0 Å². The van der Waals surface area contributed by atoms with Gasteiger partial charge in [-0.05, 0) is 42.4 Å². The summed E-state index contributed by atoms with van der Waals surface area (Å²) in [6, 6.07) is 2.43. The van der Waals surface area contributed by atoms with Crippen molar-refractivity contribution < 1.29 is 13.9 Å². The molecule has 0 radical (unpaired) electrons. The zero-order chi connectivity index (χ0) is 14.0. The van der Waals surface area contributed by atoms with Crippen LogP contribution in [0, 0.1) is 23.5 Å². The summed E-state index contributed by atoms with van der Waals surface area (Å²) in [6.45, 7) is 5.42. The third-order valence-corrected chi connectivity index (χ3v) is 4.06. The molecular weight excluding hydrogens is 248 g/mol. The molecule has 1 aromatic carbocycles. The average Bonchev–Trinajstić information content (AvgIpc) is 2.38. The third-order valence-electron chi connectivity index (χ3n) is 4.06. The van der Waals surface area contributed by atoms with E-state index in [2.05, 4.69) is 13.8 Å². The predicted octanol–water partition coefficient (Wildman–Crippen LogP) is 3.33. The average molecular weight is 269 g/mol. The van der Waals surface area contributed by atoms with Crippen LogP contribution in [0.15, 0.2) is 12.1 Å². The van der Waals surface area contributed by atoms with Gasteiger partial charge in [0.15, 0.2) is 0 Å². The van der Waals surface area contributed by atoms with Crippen molar-refractivity contribution in [2.24, 2.45) is 11.8 Å². The van der Waals surface area contributed by atoms with Gasteiger partial charge in [-0.3, -0.25) is 0 Å². The van der Waals surface area contributed by atoms with Crippen molar-refractivity contribution in [3.63, 3.8) is 0 Å². The lowest BCUT2D eigenvalue weighted by Crippen LogP contribution is -2.36. The van der Waals surface area contributed by atoms with Gasteiger partial charge in [0.2, 0.25) is 0 Å². The van der Waals surface area contributed by atoms with Crippen molar-refractivity contribution in [3.05, 3.63) is 29.3 Å². The summed E-state index contributed by atoms with van der Waals surface area (Å²) in [5.41, 5.74) is 0.329. The van der Waals surface area contributed by atoms with Gasteiger partial charge in [0.05, 0.1) is 6.61 Å². The molecule has 0 unspecified atom stereocenters. The largest absolute Gasteiger partial charge is 0.392 e. The lowest BCUT2D eigenvalue weighted by Gasteiger charge is -2.35. The highest BCUT2D eigenvalue weighted by Gasteiger charge is 2.25. The second-order valence-electron chi connectivity index (χ2n) is 5.63. The Morgan fingerprint density at radius 1 is 1.21 bits per heavy atom. The SMILES string of the molecule is CC(C)C1CCN(c2c(F)cc(CO)cc2F)CC1. The van der Waals surface area contributed by atoms with E-state index in [1.165, 1.54) is 12.1 Å². The molecule has 2 rings (SSSR count). The minimum Gasteiger partial charge on any atom is -0.392 e. The zero-order valence-electron chi connectivity index (χ0n) is 11.5. The number of rotatable bonds is 3. The molecule has 2 nitrogen and oxygen atoms in total. The number of benzene rings is 1. The number of anilines is 1. The van der Waals surface area contributed by atoms with Crippen LogP contribution < -0.4 is 4.90 Å². The van der Waals surface area contributed by atoms with E-state index in [1.807, 2.05) is 0 Å². The van der Waals surface area contributed by atoms with Crippen LogP contribution >= 0.6 is 0 Å². The third kappa shape index (κ3) is 3.06. The molecule has 1 heterocycles. The van der Waals surface area contributed by atoms with Crippen molar-refractivity contribution >= 4 is 5.69 Å². The standard InChI is InChI=1S/C15H21F2NO/c1-10(2)12-3-5-18(6-4-12)15-13(16)7-11(9-19)8-14(15)17/h7-8,10,12,19H,3-6,9H2,1-2H3. The number of aliphatic hydroxyl groups is 1. The minimum atomic E-state index is -0.577. The van der Waals surface area contributed by atoms with Gasteiger partial charge in [-0.1, -0.05) is 13.8 Å². The highest BCUT2D eigenvalue weighted by atomic mass is 19.1. The van der Waals surface area contributed by atoms with Crippen molar-refractivity contribution in [1.82, 2.24) is 0 Å². The van der Waals surface area contributed by atoms with E-state index >= 15 is 0 Å². The van der Waals surface area contributed by atoms with Crippen molar-refractivity contribution in [2.75, 3.05) is 18.0 Å². The maximum absolute atomic E-state index is 13.9. The van der Waals surface area contributed by atoms with E-state index in [9.17, 15) is 8.78 Å². The van der Waals surface area contributed by atoms with Crippen LogP contribution in [0.1, 0.15) is 32.3 Å². The smallest absolute Gasteiger partial charge is 0.149 e. The number of hydrogen-bond acceptors (Lipinski definition) is 2. The predicted molar refractivity (Wildman–Crippen MR) is 72.1 cm³/mol. The first kappa shape index (κ1) is 14.3. The Morgan fingerprint density at radius 2 is 1.74 bits per heavy atom. The van der Waals surface area contributed by atoms with Gasteiger partial charge < -0.3 is 10.0 Å². The Hall–Kier alpha value is -1.16. The first-order chi connectivity index (χ1) is 9.02. The first-order valence-corrected chi connectivity index (χ1v) is 6.86. The van der Waals surface area contributed by atoms with Crippen molar-refractivity contribution in [3.8, 4) is 0 Å².